The number of ether oxygens (including phenoxy) is 3. The summed E-state index contributed by atoms with van der Waals surface area (Å²) in [5.41, 5.74) is -0.925. The van der Waals surface area contributed by atoms with Crippen LogP contribution in [0.15, 0.2) is 60.7 Å². The lowest BCUT2D eigenvalue weighted by Crippen LogP contribution is -2.57. The maximum Gasteiger partial charge on any atom is 0.303 e. The van der Waals surface area contributed by atoms with Crippen LogP contribution < -0.4 is 9.47 Å². The summed E-state index contributed by atoms with van der Waals surface area (Å²) in [4.78, 5) is 23.7. The molecule has 1 aliphatic heterocycles. The average molecular weight is 348 g/mol. The zero-order valence-electron chi connectivity index (χ0n) is 14.1. The van der Waals surface area contributed by atoms with E-state index < -0.39 is 23.3 Å². The van der Waals surface area contributed by atoms with Gasteiger partial charge < -0.3 is 14.2 Å². The fraction of sp³-hybridized carbons (Fsp3) is 0.238. The summed E-state index contributed by atoms with van der Waals surface area (Å²) in [5.74, 6) is -0.330. The van der Waals surface area contributed by atoms with Crippen LogP contribution in [0, 0.1) is 5.41 Å². The number of carbonyl (C=O) groups excluding carboxylic acids is 2. The molecule has 2 aromatic carbocycles. The molecule has 2 spiro atoms. The van der Waals surface area contributed by atoms with Gasteiger partial charge >= 0.3 is 5.97 Å². The van der Waals surface area contributed by atoms with Gasteiger partial charge in [-0.3, -0.25) is 9.59 Å². The molecular formula is C21H16O5. The first-order valence-electron chi connectivity index (χ1n) is 8.51. The number of esters is 1. The van der Waals surface area contributed by atoms with Crippen LogP contribution in [0.2, 0.25) is 0 Å². The topological polar surface area (TPSA) is 61.8 Å². The molecule has 0 aromatic heterocycles. The molecule has 0 radical (unpaired) electrons. The van der Waals surface area contributed by atoms with Crippen LogP contribution >= 0.6 is 0 Å². The first kappa shape index (κ1) is 15.2. The van der Waals surface area contributed by atoms with Gasteiger partial charge in [0.25, 0.3) is 5.79 Å². The van der Waals surface area contributed by atoms with E-state index in [1.165, 1.54) is 13.0 Å². The third-order valence-corrected chi connectivity index (χ3v) is 5.32. The first-order chi connectivity index (χ1) is 12.5. The molecule has 0 unspecified atom stereocenters. The molecule has 130 valence electrons. The van der Waals surface area contributed by atoms with Gasteiger partial charge in [0.2, 0.25) is 0 Å². The molecule has 0 saturated carbocycles. The van der Waals surface area contributed by atoms with Crippen molar-refractivity contribution in [1.82, 2.24) is 0 Å². The molecule has 5 rings (SSSR count). The fourth-order valence-electron chi connectivity index (χ4n) is 4.19. The van der Waals surface area contributed by atoms with Crippen LogP contribution in [-0.4, -0.2) is 23.6 Å². The maximum atomic E-state index is 12.1. The molecule has 2 atom stereocenters. The molecule has 3 aliphatic rings. The predicted octanol–water partition coefficient (Wildman–Crippen LogP) is 3.32. The van der Waals surface area contributed by atoms with E-state index in [0.29, 0.717) is 11.5 Å². The van der Waals surface area contributed by atoms with Gasteiger partial charge in [-0.05, 0) is 29.7 Å². The van der Waals surface area contributed by atoms with Crippen molar-refractivity contribution in [3.8, 4) is 11.5 Å². The summed E-state index contributed by atoms with van der Waals surface area (Å²) in [7, 11) is 0. The highest BCUT2D eigenvalue weighted by molar-refractivity contribution is 5.96. The lowest BCUT2D eigenvalue weighted by molar-refractivity contribution is -0.182. The van der Waals surface area contributed by atoms with Crippen molar-refractivity contribution in [2.45, 2.75) is 25.2 Å². The van der Waals surface area contributed by atoms with E-state index in [2.05, 4.69) is 0 Å². The second kappa shape index (κ2) is 4.97. The lowest BCUT2D eigenvalue weighted by atomic mass is 9.77. The van der Waals surface area contributed by atoms with Gasteiger partial charge in [-0.1, -0.05) is 30.3 Å². The van der Waals surface area contributed by atoms with Crippen LogP contribution in [0.5, 0.6) is 11.5 Å². The molecular weight excluding hydrogens is 332 g/mol. The Morgan fingerprint density at radius 3 is 2.38 bits per heavy atom. The van der Waals surface area contributed by atoms with Crippen LogP contribution in [0.25, 0.3) is 10.8 Å². The lowest BCUT2D eigenvalue weighted by Gasteiger charge is -2.45. The number of rotatable bonds is 1. The Labute approximate surface area is 149 Å². The fourth-order valence-corrected chi connectivity index (χ4v) is 4.19. The van der Waals surface area contributed by atoms with Gasteiger partial charge in [-0.15, -0.1) is 0 Å². The number of carbonyl (C=O) groups is 2. The number of allylic oxidation sites excluding steroid dienone is 1. The van der Waals surface area contributed by atoms with Crippen molar-refractivity contribution >= 4 is 22.5 Å². The van der Waals surface area contributed by atoms with Gasteiger partial charge in [0.15, 0.2) is 5.78 Å². The summed E-state index contributed by atoms with van der Waals surface area (Å²) >= 11 is 0. The Morgan fingerprint density at radius 1 is 1.12 bits per heavy atom. The van der Waals surface area contributed by atoms with Crippen molar-refractivity contribution in [3.63, 3.8) is 0 Å². The van der Waals surface area contributed by atoms with E-state index in [-0.39, 0.29) is 12.2 Å². The maximum absolute atomic E-state index is 12.1. The molecule has 26 heavy (non-hydrogen) atoms. The number of benzene rings is 2. The summed E-state index contributed by atoms with van der Waals surface area (Å²) in [6.07, 6.45) is 6.30. The van der Waals surface area contributed by atoms with Crippen molar-refractivity contribution in [3.05, 3.63) is 60.7 Å². The van der Waals surface area contributed by atoms with E-state index in [1.807, 2.05) is 36.4 Å². The highest BCUT2D eigenvalue weighted by atomic mass is 16.7. The number of ketones is 1. The minimum atomic E-state index is -1.24. The second-order valence-electron chi connectivity index (χ2n) is 6.89. The summed E-state index contributed by atoms with van der Waals surface area (Å²) in [5, 5.41) is 1.91. The summed E-state index contributed by atoms with van der Waals surface area (Å²) in [6.45, 7) is 1.35. The number of hydrogen-bond acceptors (Lipinski definition) is 5. The van der Waals surface area contributed by atoms with Crippen LogP contribution in [0.1, 0.15) is 13.3 Å². The largest absolute Gasteiger partial charge is 0.457 e. The Hall–Kier alpha value is -3.08. The van der Waals surface area contributed by atoms with Gasteiger partial charge in [-0.2, -0.15) is 0 Å². The standard InChI is InChI=1S/C21H16O5/c1-13(22)24-18-9-11-21(20(18)10-8-15(23)12-20)25-16-6-2-4-14-5-3-7-17(26-21)19(14)16/h2-11,18H,12H2,1H3/t18-,20-/m1/s1. The highest BCUT2D eigenvalue weighted by Gasteiger charge is 2.65. The number of hydrogen-bond donors (Lipinski definition) is 0. The van der Waals surface area contributed by atoms with Crippen molar-refractivity contribution in [2.75, 3.05) is 0 Å². The zero-order chi connectivity index (χ0) is 17.9. The normalized spacial score (nSPS) is 27.1. The zero-order valence-corrected chi connectivity index (χ0v) is 14.1. The minimum absolute atomic E-state index is 0.0468. The van der Waals surface area contributed by atoms with E-state index in [0.717, 1.165) is 10.8 Å². The third-order valence-electron chi connectivity index (χ3n) is 5.32. The summed E-state index contributed by atoms with van der Waals surface area (Å²) in [6, 6.07) is 11.6. The average Bonchev–Trinajstić information content (AvgIpc) is 3.12. The molecule has 0 amide bonds. The monoisotopic (exact) mass is 348 g/mol. The minimum Gasteiger partial charge on any atom is -0.457 e. The van der Waals surface area contributed by atoms with E-state index >= 15 is 0 Å². The Bertz CT molecular complexity index is 977. The van der Waals surface area contributed by atoms with E-state index in [4.69, 9.17) is 14.2 Å². The molecule has 5 heteroatoms. The SMILES string of the molecule is CC(=O)O[C@@H]1C=CC2(Oc3cccc4cccc(c34)O2)[C@@]12C=CC(=O)C2. The van der Waals surface area contributed by atoms with Crippen molar-refractivity contribution in [2.24, 2.45) is 5.41 Å². The Morgan fingerprint density at radius 2 is 1.81 bits per heavy atom. The molecule has 2 aromatic rings. The Balaban J connectivity index is 1.67. The molecule has 0 saturated heterocycles. The second-order valence-corrected chi connectivity index (χ2v) is 6.89. The smallest absolute Gasteiger partial charge is 0.303 e. The predicted molar refractivity (Wildman–Crippen MR) is 93.8 cm³/mol. The highest BCUT2D eigenvalue weighted by Crippen LogP contribution is 2.56. The van der Waals surface area contributed by atoms with Crippen LogP contribution in [-0.2, 0) is 14.3 Å². The first-order valence-corrected chi connectivity index (χ1v) is 8.51. The molecule has 1 heterocycles. The van der Waals surface area contributed by atoms with Gasteiger partial charge in [-0.25, -0.2) is 0 Å². The Kier molecular flexibility index (Phi) is 2.91. The summed E-state index contributed by atoms with van der Waals surface area (Å²) < 4.78 is 18.2. The van der Waals surface area contributed by atoms with Crippen LogP contribution in [0.4, 0.5) is 0 Å². The quantitative estimate of drug-likeness (QED) is 0.584. The van der Waals surface area contributed by atoms with E-state index in [1.54, 1.807) is 18.2 Å². The van der Waals surface area contributed by atoms with Crippen molar-refractivity contribution < 1.29 is 23.8 Å². The molecule has 0 bridgehead atoms. The molecule has 2 aliphatic carbocycles. The third kappa shape index (κ3) is 1.85. The van der Waals surface area contributed by atoms with E-state index in [9.17, 15) is 9.59 Å². The molecule has 5 nitrogen and oxygen atoms in total. The number of fused-ring (bicyclic) bond motifs is 1. The van der Waals surface area contributed by atoms with Gasteiger partial charge in [0.05, 0.1) is 5.39 Å². The molecule has 0 N–H and O–H groups in total. The van der Waals surface area contributed by atoms with Gasteiger partial charge in [0.1, 0.15) is 23.0 Å². The van der Waals surface area contributed by atoms with Gasteiger partial charge in [0, 0.05) is 19.4 Å². The molecule has 0 fully saturated rings. The van der Waals surface area contributed by atoms with Crippen molar-refractivity contribution in [1.29, 1.82) is 0 Å². The van der Waals surface area contributed by atoms with Crippen LogP contribution in [0.3, 0.4) is 0 Å².